The zero-order chi connectivity index (χ0) is 14.0. The van der Waals surface area contributed by atoms with Gasteiger partial charge >= 0.3 is 0 Å². The monoisotopic (exact) mass is 276 g/mol. The Morgan fingerprint density at radius 3 is 2.75 bits per heavy atom. The van der Waals surface area contributed by atoms with Gasteiger partial charge in [0.15, 0.2) is 0 Å². The van der Waals surface area contributed by atoms with Crippen LogP contribution in [0.4, 0.5) is 0 Å². The van der Waals surface area contributed by atoms with Gasteiger partial charge in [0.05, 0.1) is 5.60 Å². The summed E-state index contributed by atoms with van der Waals surface area (Å²) in [6.45, 7) is 5.85. The van der Waals surface area contributed by atoms with E-state index in [2.05, 4.69) is 13.8 Å². The zero-order valence-corrected chi connectivity index (χ0v) is 13.0. The van der Waals surface area contributed by atoms with Gasteiger partial charge in [0.2, 0.25) is 0 Å². The summed E-state index contributed by atoms with van der Waals surface area (Å²) < 4.78 is 6.13. The lowest BCUT2D eigenvalue weighted by Crippen LogP contribution is -2.54. The lowest BCUT2D eigenvalue weighted by Gasteiger charge is -2.59. The molecule has 0 radical (unpaired) electrons. The van der Waals surface area contributed by atoms with E-state index in [9.17, 15) is 4.79 Å². The molecule has 0 N–H and O–H groups in total. The second kappa shape index (κ2) is 4.32. The van der Waals surface area contributed by atoms with Crippen molar-refractivity contribution in [3.05, 3.63) is 0 Å². The molecule has 1 saturated heterocycles. The molecule has 4 fully saturated rings. The van der Waals surface area contributed by atoms with Crippen molar-refractivity contribution >= 4 is 5.78 Å². The first-order valence-electron chi connectivity index (χ1n) is 8.69. The molecule has 0 amide bonds. The molecule has 0 aromatic carbocycles. The molecule has 0 spiro atoms. The van der Waals surface area contributed by atoms with Gasteiger partial charge in [0, 0.05) is 19.4 Å². The number of ether oxygens (including phenoxy) is 1. The minimum absolute atomic E-state index is 0.175. The lowest BCUT2D eigenvalue weighted by atomic mass is 9.46. The number of fused-ring (bicyclic) bond motifs is 5. The minimum atomic E-state index is 0.175. The summed E-state index contributed by atoms with van der Waals surface area (Å²) in [6.07, 6.45) is 9.36. The molecular weight excluding hydrogens is 248 g/mol. The third-order valence-corrected chi connectivity index (χ3v) is 7.68. The summed E-state index contributed by atoms with van der Waals surface area (Å²) >= 11 is 0. The molecule has 112 valence electrons. The van der Waals surface area contributed by atoms with Crippen LogP contribution in [-0.2, 0) is 9.53 Å². The van der Waals surface area contributed by atoms with Gasteiger partial charge in [-0.1, -0.05) is 6.92 Å². The van der Waals surface area contributed by atoms with Crippen molar-refractivity contribution in [3.63, 3.8) is 0 Å². The van der Waals surface area contributed by atoms with Gasteiger partial charge in [0.1, 0.15) is 5.78 Å². The lowest BCUT2D eigenvalue weighted by molar-refractivity contribution is -0.145. The Balaban J connectivity index is 1.64. The largest absolute Gasteiger partial charge is 0.375 e. The molecule has 2 nitrogen and oxygen atoms in total. The van der Waals surface area contributed by atoms with Crippen LogP contribution in [0.15, 0.2) is 0 Å². The van der Waals surface area contributed by atoms with E-state index in [0.717, 1.165) is 43.6 Å². The van der Waals surface area contributed by atoms with Crippen molar-refractivity contribution < 1.29 is 9.53 Å². The van der Waals surface area contributed by atoms with E-state index in [1.54, 1.807) is 0 Å². The number of carbonyl (C=O) groups is 1. The summed E-state index contributed by atoms with van der Waals surface area (Å²) in [7, 11) is 0. The third kappa shape index (κ3) is 1.70. The maximum absolute atomic E-state index is 11.8. The average Bonchev–Trinajstić information content (AvgIpc) is 2.81. The molecule has 1 aliphatic heterocycles. The van der Waals surface area contributed by atoms with E-state index in [0.29, 0.717) is 17.1 Å². The summed E-state index contributed by atoms with van der Waals surface area (Å²) in [5.41, 5.74) is 0.621. The number of ketones is 1. The molecule has 0 bridgehead atoms. The van der Waals surface area contributed by atoms with Gasteiger partial charge in [-0.05, 0) is 74.5 Å². The Morgan fingerprint density at radius 1 is 1.05 bits per heavy atom. The maximum Gasteiger partial charge on any atom is 0.133 e. The Hall–Kier alpha value is -0.370. The van der Waals surface area contributed by atoms with Crippen LogP contribution in [0.25, 0.3) is 0 Å². The summed E-state index contributed by atoms with van der Waals surface area (Å²) in [5.74, 6) is 3.71. The molecule has 3 aliphatic carbocycles. The maximum atomic E-state index is 11.8. The quantitative estimate of drug-likeness (QED) is 0.669. The Kier molecular flexibility index (Phi) is 2.87. The SMILES string of the molecule is C[C@]12CCC(=O)CC1CC[C@@H]1[C@H]2CC[C@]2(C)OCC[C@@H]12. The topological polar surface area (TPSA) is 26.3 Å². The Labute approximate surface area is 122 Å². The zero-order valence-electron chi connectivity index (χ0n) is 13.0. The summed E-state index contributed by atoms with van der Waals surface area (Å²) in [6, 6.07) is 0. The molecule has 20 heavy (non-hydrogen) atoms. The van der Waals surface area contributed by atoms with Gasteiger partial charge in [-0.3, -0.25) is 4.79 Å². The van der Waals surface area contributed by atoms with E-state index >= 15 is 0 Å². The molecule has 2 heteroatoms. The number of hydrogen-bond donors (Lipinski definition) is 0. The van der Waals surface area contributed by atoms with Crippen LogP contribution in [-0.4, -0.2) is 18.0 Å². The van der Waals surface area contributed by atoms with Crippen LogP contribution in [0.1, 0.15) is 65.2 Å². The van der Waals surface area contributed by atoms with E-state index in [1.165, 1.54) is 32.1 Å². The van der Waals surface area contributed by atoms with Crippen molar-refractivity contribution in [1.82, 2.24) is 0 Å². The Bertz CT molecular complexity index is 431. The smallest absolute Gasteiger partial charge is 0.133 e. The van der Waals surface area contributed by atoms with Crippen LogP contribution in [0.5, 0.6) is 0 Å². The number of rotatable bonds is 0. The van der Waals surface area contributed by atoms with Crippen LogP contribution in [0, 0.1) is 29.1 Å². The first-order valence-corrected chi connectivity index (χ1v) is 8.69. The van der Waals surface area contributed by atoms with Gasteiger partial charge in [-0.15, -0.1) is 0 Å². The fourth-order valence-electron chi connectivity index (χ4n) is 6.45. The molecule has 1 unspecified atom stereocenters. The average molecular weight is 276 g/mol. The fraction of sp³-hybridized carbons (Fsp3) is 0.944. The van der Waals surface area contributed by atoms with Crippen molar-refractivity contribution in [2.24, 2.45) is 29.1 Å². The van der Waals surface area contributed by atoms with Gasteiger partial charge in [-0.25, -0.2) is 0 Å². The first-order chi connectivity index (χ1) is 9.53. The highest BCUT2D eigenvalue weighted by molar-refractivity contribution is 5.79. The van der Waals surface area contributed by atoms with E-state index in [4.69, 9.17) is 4.74 Å². The van der Waals surface area contributed by atoms with Crippen LogP contribution < -0.4 is 0 Å². The van der Waals surface area contributed by atoms with Crippen LogP contribution in [0.3, 0.4) is 0 Å². The molecule has 4 rings (SSSR count). The number of carbonyl (C=O) groups excluding carboxylic acids is 1. The third-order valence-electron chi connectivity index (χ3n) is 7.68. The highest BCUT2D eigenvalue weighted by Gasteiger charge is 2.58. The number of Topliss-reactive ketones (excluding diaryl/α,β-unsaturated/α-hetero) is 1. The normalized spacial score (nSPS) is 55.0. The van der Waals surface area contributed by atoms with Crippen molar-refractivity contribution in [2.45, 2.75) is 70.8 Å². The first kappa shape index (κ1) is 13.3. The molecule has 0 aromatic heterocycles. The van der Waals surface area contributed by atoms with Crippen molar-refractivity contribution in [1.29, 1.82) is 0 Å². The highest BCUT2D eigenvalue weighted by Crippen LogP contribution is 2.62. The highest BCUT2D eigenvalue weighted by atomic mass is 16.5. The standard InChI is InChI=1S/C18H28O2/c1-17-8-5-13(19)11-12(17)3-4-14-15(17)6-9-18(2)16(14)7-10-20-18/h12,14-16H,3-11H2,1-2H3/t12?,14-,15-,16+,17+,18+/m1/s1. The molecule has 1 heterocycles. The van der Waals surface area contributed by atoms with Gasteiger partial charge in [0.25, 0.3) is 0 Å². The summed E-state index contributed by atoms with van der Waals surface area (Å²) in [5, 5.41) is 0. The molecule has 0 aromatic rings. The van der Waals surface area contributed by atoms with E-state index < -0.39 is 0 Å². The number of hydrogen-bond acceptors (Lipinski definition) is 2. The molecular formula is C18H28O2. The predicted molar refractivity (Wildman–Crippen MR) is 78.4 cm³/mol. The van der Waals surface area contributed by atoms with Crippen molar-refractivity contribution in [2.75, 3.05) is 6.61 Å². The van der Waals surface area contributed by atoms with E-state index in [1.807, 2.05) is 0 Å². The molecule has 6 atom stereocenters. The van der Waals surface area contributed by atoms with Crippen LogP contribution in [0.2, 0.25) is 0 Å². The van der Waals surface area contributed by atoms with Crippen LogP contribution >= 0.6 is 0 Å². The van der Waals surface area contributed by atoms with Gasteiger partial charge in [-0.2, -0.15) is 0 Å². The molecule has 3 saturated carbocycles. The Morgan fingerprint density at radius 2 is 1.90 bits per heavy atom. The van der Waals surface area contributed by atoms with E-state index in [-0.39, 0.29) is 5.60 Å². The fourth-order valence-corrected chi connectivity index (χ4v) is 6.45. The predicted octanol–water partition coefficient (Wildman–Crippen LogP) is 3.98. The molecule has 4 aliphatic rings. The summed E-state index contributed by atoms with van der Waals surface area (Å²) in [4.78, 5) is 11.8. The van der Waals surface area contributed by atoms with Crippen molar-refractivity contribution in [3.8, 4) is 0 Å². The second-order valence-corrected chi connectivity index (χ2v) is 8.39. The second-order valence-electron chi connectivity index (χ2n) is 8.39. The minimum Gasteiger partial charge on any atom is -0.375 e. The van der Waals surface area contributed by atoms with Gasteiger partial charge < -0.3 is 4.74 Å².